The van der Waals surface area contributed by atoms with Crippen molar-refractivity contribution in [1.82, 2.24) is 0 Å². The maximum Gasteiger partial charge on any atom is 0.162 e. The summed E-state index contributed by atoms with van der Waals surface area (Å²) in [5, 5.41) is 0.571. The second kappa shape index (κ2) is 9.65. The van der Waals surface area contributed by atoms with Crippen molar-refractivity contribution >= 4 is 15.9 Å². The Labute approximate surface area is 162 Å². The Morgan fingerprint density at radius 2 is 1.23 bits per heavy atom. The molecule has 0 atom stereocenters. The fourth-order valence-corrected chi connectivity index (χ4v) is 2.37. The third-order valence-corrected chi connectivity index (χ3v) is 3.79. The zero-order chi connectivity index (χ0) is 18.9. The summed E-state index contributed by atoms with van der Waals surface area (Å²) in [6.45, 7) is 0. The van der Waals surface area contributed by atoms with Gasteiger partial charge in [-0.3, -0.25) is 0 Å². The zero-order valence-corrected chi connectivity index (χ0v) is 16.7. The van der Waals surface area contributed by atoms with Gasteiger partial charge in [-0.1, -0.05) is 39.6 Å². The second-order valence-corrected chi connectivity index (χ2v) is 5.60. The number of halogens is 1. The van der Waals surface area contributed by atoms with Gasteiger partial charge in [-0.05, 0) is 12.1 Å². The van der Waals surface area contributed by atoms with Gasteiger partial charge < -0.3 is 18.9 Å². The van der Waals surface area contributed by atoms with Crippen LogP contribution in [0, 0.1) is 23.7 Å². The first kappa shape index (κ1) is 19.6. The monoisotopic (exact) mass is 414 g/mol. The molecule has 0 saturated heterocycles. The molecular weight excluding hydrogens is 396 g/mol. The van der Waals surface area contributed by atoms with Crippen LogP contribution in [-0.2, 0) is 0 Å². The van der Waals surface area contributed by atoms with Crippen LogP contribution in [0.25, 0.3) is 0 Å². The van der Waals surface area contributed by atoms with Crippen molar-refractivity contribution in [3.63, 3.8) is 0 Å². The van der Waals surface area contributed by atoms with Crippen LogP contribution >= 0.6 is 15.9 Å². The van der Waals surface area contributed by atoms with E-state index in [-0.39, 0.29) is 0 Å². The molecule has 0 saturated carbocycles. The van der Waals surface area contributed by atoms with E-state index in [2.05, 4.69) is 39.6 Å². The van der Waals surface area contributed by atoms with Crippen molar-refractivity contribution in [2.24, 2.45) is 0 Å². The molecule has 26 heavy (non-hydrogen) atoms. The largest absolute Gasteiger partial charge is 0.497 e. The van der Waals surface area contributed by atoms with Crippen LogP contribution in [0.3, 0.4) is 0 Å². The third-order valence-electron chi connectivity index (χ3n) is 3.51. The third kappa shape index (κ3) is 4.88. The number of hydrogen-bond acceptors (Lipinski definition) is 4. The van der Waals surface area contributed by atoms with E-state index in [1.165, 1.54) is 0 Å². The van der Waals surface area contributed by atoms with E-state index in [1.54, 1.807) is 34.5 Å². The zero-order valence-electron chi connectivity index (χ0n) is 15.1. The molecule has 0 radical (unpaired) electrons. The van der Waals surface area contributed by atoms with Crippen molar-refractivity contribution in [3.05, 3.63) is 47.0 Å². The molecular formula is C21H19BrO4. The molecule has 0 fully saturated rings. The molecule has 2 rings (SSSR count). The first-order valence-electron chi connectivity index (χ1n) is 7.71. The van der Waals surface area contributed by atoms with Crippen LogP contribution in [0.5, 0.6) is 23.0 Å². The highest BCUT2D eigenvalue weighted by atomic mass is 79.9. The molecule has 0 aliphatic heterocycles. The van der Waals surface area contributed by atoms with Crippen LogP contribution in [-0.4, -0.2) is 33.8 Å². The lowest BCUT2D eigenvalue weighted by Gasteiger charge is -2.09. The van der Waals surface area contributed by atoms with Crippen molar-refractivity contribution in [2.75, 3.05) is 33.8 Å². The van der Waals surface area contributed by atoms with Crippen LogP contribution < -0.4 is 18.9 Å². The quantitative estimate of drug-likeness (QED) is 0.562. The first-order chi connectivity index (χ1) is 12.6. The van der Waals surface area contributed by atoms with Crippen LogP contribution in [0.15, 0.2) is 30.3 Å². The molecule has 2 aromatic carbocycles. The summed E-state index contributed by atoms with van der Waals surface area (Å²) in [6.07, 6.45) is 0. The maximum atomic E-state index is 5.37. The lowest BCUT2D eigenvalue weighted by atomic mass is 10.1. The molecule has 0 unspecified atom stereocenters. The van der Waals surface area contributed by atoms with E-state index in [1.807, 2.05) is 24.3 Å². The predicted octanol–water partition coefficient (Wildman–Crippen LogP) is 3.87. The van der Waals surface area contributed by atoms with E-state index >= 15 is 0 Å². The van der Waals surface area contributed by atoms with Crippen LogP contribution in [0.2, 0.25) is 0 Å². The van der Waals surface area contributed by atoms with Gasteiger partial charge >= 0.3 is 0 Å². The van der Waals surface area contributed by atoms with Gasteiger partial charge in [-0.25, -0.2) is 0 Å². The summed E-state index contributed by atoms with van der Waals surface area (Å²) in [6, 6.07) is 9.14. The Kier molecular flexibility index (Phi) is 7.26. The number of methoxy groups -OCH3 is 4. The number of alkyl halides is 1. The topological polar surface area (TPSA) is 36.9 Å². The minimum absolute atomic E-state index is 0.571. The van der Waals surface area contributed by atoms with E-state index < -0.39 is 0 Å². The number of ether oxygens (including phenoxy) is 4. The lowest BCUT2D eigenvalue weighted by molar-refractivity contribution is 0.355. The maximum absolute atomic E-state index is 5.37. The molecule has 5 heteroatoms. The normalized spacial score (nSPS) is 9.27. The van der Waals surface area contributed by atoms with Gasteiger partial charge in [-0.15, -0.1) is 0 Å². The SMILES string of the molecule is COc1cc(C#Cc2cc(OC)c(OC)cc2C#CCBr)cc(OC)c1. The summed E-state index contributed by atoms with van der Waals surface area (Å²) in [7, 11) is 6.39. The molecule has 0 aliphatic carbocycles. The molecule has 0 aromatic heterocycles. The number of hydrogen-bond donors (Lipinski definition) is 0. The standard InChI is InChI=1S/C21H19BrO4/c1-23-18-10-15(11-19(14-18)24-2)7-8-17-13-21(26-4)20(25-3)12-16(17)6-5-9-22/h10-14H,9H2,1-4H3. The van der Waals surface area contributed by atoms with Gasteiger partial charge in [0.1, 0.15) is 11.5 Å². The summed E-state index contributed by atoms with van der Waals surface area (Å²) in [5.74, 6) is 14.9. The minimum atomic E-state index is 0.571. The molecule has 2 aromatic rings. The fourth-order valence-electron chi connectivity index (χ4n) is 2.23. The number of benzene rings is 2. The molecule has 0 aliphatic rings. The van der Waals surface area contributed by atoms with Crippen molar-refractivity contribution in [2.45, 2.75) is 0 Å². The van der Waals surface area contributed by atoms with E-state index in [9.17, 15) is 0 Å². The second-order valence-electron chi connectivity index (χ2n) is 5.04. The van der Waals surface area contributed by atoms with E-state index in [0.29, 0.717) is 28.3 Å². The Morgan fingerprint density at radius 1 is 0.692 bits per heavy atom. The van der Waals surface area contributed by atoms with Crippen molar-refractivity contribution in [3.8, 4) is 46.7 Å². The highest BCUT2D eigenvalue weighted by Crippen LogP contribution is 2.30. The van der Waals surface area contributed by atoms with Crippen LogP contribution in [0.1, 0.15) is 16.7 Å². The van der Waals surface area contributed by atoms with Gasteiger partial charge in [-0.2, -0.15) is 0 Å². The smallest absolute Gasteiger partial charge is 0.162 e. The van der Waals surface area contributed by atoms with Gasteiger partial charge in [0.05, 0.1) is 33.8 Å². The van der Waals surface area contributed by atoms with Crippen molar-refractivity contribution in [1.29, 1.82) is 0 Å². The summed E-state index contributed by atoms with van der Waals surface area (Å²) in [4.78, 5) is 0. The molecule has 0 amide bonds. The predicted molar refractivity (Wildman–Crippen MR) is 106 cm³/mol. The molecule has 0 spiro atoms. The molecule has 0 heterocycles. The highest BCUT2D eigenvalue weighted by Gasteiger charge is 2.09. The average molecular weight is 415 g/mol. The molecule has 134 valence electrons. The molecule has 4 nitrogen and oxygen atoms in total. The van der Waals surface area contributed by atoms with Crippen LogP contribution in [0.4, 0.5) is 0 Å². The lowest BCUT2D eigenvalue weighted by Crippen LogP contribution is -1.94. The Bertz CT molecular complexity index is 876. The average Bonchev–Trinajstić information content (AvgIpc) is 2.69. The highest BCUT2D eigenvalue weighted by molar-refractivity contribution is 9.09. The Hall–Kier alpha value is -2.76. The minimum Gasteiger partial charge on any atom is -0.497 e. The summed E-state index contributed by atoms with van der Waals surface area (Å²) >= 11 is 3.31. The number of rotatable bonds is 4. The molecule has 0 N–H and O–H groups in total. The van der Waals surface area contributed by atoms with Crippen molar-refractivity contribution < 1.29 is 18.9 Å². The Balaban J connectivity index is 2.54. The van der Waals surface area contributed by atoms with Gasteiger partial charge in [0.2, 0.25) is 0 Å². The van der Waals surface area contributed by atoms with Gasteiger partial charge in [0, 0.05) is 34.9 Å². The van der Waals surface area contributed by atoms with E-state index in [0.717, 1.165) is 16.7 Å². The summed E-state index contributed by atoms with van der Waals surface area (Å²) < 4.78 is 21.3. The van der Waals surface area contributed by atoms with Gasteiger partial charge in [0.25, 0.3) is 0 Å². The fraction of sp³-hybridized carbons (Fsp3) is 0.238. The van der Waals surface area contributed by atoms with Gasteiger partial charge in [0.15, 0.2) is 11.5 Å². The summed E-state index contributed by atoms with van der Waals surface area (Å²) in [5.41, 5.74) is 2.29. The first-order valence-corrected chi connectivity index (χ1v) is 8.83. The molecule has 0 bridgehead atoms. The van der Waals surface area contributed by atoms with E-state index in [4.69, 9.17) is 18.9 Å². The Morgan fingerprint density at radius 3 is 1.69 bits per heavy atom.